The van der Waals surface area contributed by atoms with Crippen LogP contribution >= 0.6 is 0 Å². The minimum Gasteiger partial charge on any atom is -2.00 e. The summed E-state index contributed by atoms with van der Waals surface area (Å²) in [6, 6.07) is 0. The van der Waals surface area contributed by atoms with E-state index in [2.05, 4.69) is 0 Å². The zero-order valence-corrected chi connectivity index (χ0v) is 31.1. The van der Waals surface area contributed by atoms with Crippen molar-refractivity contribution in [2.45, 2.75) is 0 Å². The molecule has 40 heteroatoms. The van der Waals surface area contributed by atoms with Crippen LogP contribution in [0.25, 0.3) is 0 Å². The summed E-state index contributed by atoms with van der Waals surface area (Å²) in [6.45, 7) is -4.74. The van der Waals surface area contributed by atoms with Crippen LogP contribution < -0.4 is 51.7 Å². The molecule has 334 valence electrons. The third-order valence-corrected chi connectivity index (χ3v) is 2.12. The van der Waals surface area contributed by atoms with Crippen molar-refractivity contribution >= 4 is 35.8 Å². The van der Waals surface area contributed by atoms with Gasteiger partial charge in [0.1, 0.15) is 0 Å². The molecule has 0 atom stereocenters. The van der Waals surface area contributed by atoms with Crippen molar-refractivity contribution in [1.29, 1.82) is 0 Å². The first-order valence-corrected chi connectivity index (χ1v) is 6.80. The molecule has 0 bridgehead atoms. The largest absolute Gasteiger partial charge is 4.00 e. The second kappa shape index (κ2) is 144. The molecule has 0 saturated heterocycles. The van der Waals surface area contributed by atoms with Gasteiger partial charge < -0.3 is 179 Å². The first-order valence-electron chi connectivity index (χ1n) is 6.80. The summed E-state index contributed by atoms with van der Waals surface area (Å²) in [5.41, 5.74) is 0. The van der Waals surface area contributed by atoms with E-state index in [1.807, 2.05) is 0 Å². The Morgan fingerprint density at radius 2 is 0.365 bits per heavy atom. The third kappa shape index (κ3) is 217. The van der Waals surface area contributed by atoms with Crippen LogP contribution in [0.4, 0.5) is 0 Å². The van der Waals surface area contributed by atoms with E-state index in [0.717, 1.165) is 0 Å². The molecule has 36 nitrogen and oxygen atoms in total. The Balaban J connectivity index is -0.00000000710. The fourth-order valence-corrected chi connectivity index (χ4v) is 1.43. The minimum atomic E-state index is -1.57. The van der Waals surface area contributed by atoms with Gasteiger partial charge in [0.15, 0.2) is 0 Å². The van der Waals surface area contributed by atoms with Gasteiger partial charge in [-0.25, -0.2) is 0 Å². The molecule has 0 saturated carbocycles. The molecule has 0 aromatic heterocycles. The predicted octanol–water partition coefficient (Wildman–Crippen LogP) is -30.8. The van der Waals surface area contributed by atoms with Crippen LogP contribution in [-0.4, -0.2) is 123 Å². The summed E-state index contributed by atoms with van der Waals surface area (Å²) in [4.78, 5) is 61.2. The van der Waals surface area contributed by atoms with E-state index < -0.39 is 75.1 Å². The van der Waals surface area contributed by atoms with Crippen LogP contribution in [0.5, 0.6) is 0 Å². The summed E-state index contributed by atoms with van der Waals surface area (Å²) < 4.78 is 0. The molecule has 0 aliphatic rings. The van der Waals surface area contributed by atoms with Crippen molar-refractivity contribution in [1.82, 2.24) is 9.80 Å². The molecular formula is C12H56N2Ni2O34Ti2+12. The molecule has 0 spiro atoms. The molecule has 2 radical (unpaired) electrons. The minimum absolute atomic E-state index is 0. The van der Waals surface area contributed by atoms with Crippen molar-refractivity contribution in [3.8, 4) is 0 Å². The number of carbonyl (C=O) groups is 6. The fourth-order valence-electron chi connectivity index (χ4n) is 1.43. The van der Waals surface area contributed by atoms with Crippen LogP contribution in [0.15, 0.2) is 0 Å². The average Bonchev–Trinajstić information content (AvgIpc) is 2.55. The maximum atomic E-state index is 9.99. The molecule has 0 heterocycles. The summed E-state index contributed by atoms with van der Waals surface area (Å²) in [7, 11) is 0. The Kier molecular flexibility index (Phi) is 572. The van der Waals surface area contributed by atoms with E-state index in [1.54, 1.807) is 0 Å². The fraction of sp³-hybridized carbons (Fsp3) is 0.500. The van der Waals surface area contributed by atoms with E-state index in [9.17, 15) is 59.4 Å². The number of hydrogen-bond acceptors (Lipinski definition) is 18. The quantitative estimate of drug-likeness (QED) is 0.0758. The van der Waals surface area contributed by atoms with Gasteiger partial charge in [-0.1, -0.05) is 0 Å². The van der Waals surface area contributed by atoms with Gasteiger partial charge in [0.05, 0.1) is 35.8 Å². The molecule has 44 N–H and O–H groups in total. The van der Waals surface area contributed by atoms with E-state index in [-0.39, 0.29) is 175 Å². The van der Waals surface area contributed by atoms with Gasteiger partial charge in [-0.2, -0.15) is 0 Å². The number of carboxylic acids is 6. The Bertz CT molecular complexity index is 463. The number of carboxylic acid groups (broad SMARTS) is 6. The van der Waals surface area contributed by atoms with Crippen molar-refractivity contribution in [3.05, 3.63) is 0 Å². The summed E-state index contributed by atoms with van der Waals surface area (Å²) in [5.74, 6) is -9.40. The molecule has 0 rings (SSSR count). The van der Waals surface area contributed by atoms with E-state index in [4.69, 9.17) is 21.0 Å². The maximum absolute atomic E-state index is 9.99. The van der Waals surface area contributed by atoms with E-state index in [0.29, 0.717) is 9.80 Å². The molecular weight excluding hydrogens is 929 g/mol. The van der Waals surface area contributed by atoms with Crippen LogP contribution in [0.2, 0.25) is 0 Å². The smallest absolute Gasteiger partial charge is 2.00 e. The molecule has 0 aliphatic carbocycles. The van der Waals surface area contributed by atoms with Gasteiger partial charge >= 0.3 is 76.4 Å². The van der Waals surface area contributed by atoms with Crippen molar-refractivity contribution in [2.75, 3.05) is 39.3 Å². The van der Waals surface area contributed by atoms with Crippen LogP contribution in [0.1, 0.15) is 0 Å². The van der Waals surface area contributed by atoms with Crippen LogP contribution in [-0.2, 0) is 165 Å². The van der Waals surface area contributed by atoms with Gasteiger partial charge in [0, 0.05) is 39.3 Å². The van der Waals surface area contributed by atoms with Gasteiger partial charge in [0.2, 0.25) is 0 Å². The summed E-state index contributed by atoms with van der Waals surface area (Å²) >= 11 is 0. The zero-order chi connectivity index (χ0) is 24.9. The normalized spacial score (nSPS) is 5.19. The molecule has 0 aromatic rings. The van der Waals surface area contributed by atoms with Crippen LogP contribution in [0.3, 0.4) is 0 Å². The number of carbonyl (C=O) groups excluding carboxylic acids is 6. The predicted molar refractivity (Wildman–Crippen MR) is 138 cm³/mol. The van der Waals surface area contributed by atoms with Gasteiger partial charge in [-0.3, -0.25) is 9.80 Å². The molecule has 0 unspecified atom stereocenters. The summed E-state index contributed by atoms with van der Waals surface area (Å²) in [5, 5.41) is 88.0. The number of aliphatic carboxylic acids is 6. The molecule has 0 aromatic carbocycles. The first kappa shape index (κ1) is 207. The Hall–Kier alpha value is -1.72. The Morgan fingerprint density at radius 1 is 0.308 bits per heavy atom. The Morgan fingerprint density at radius 3 is 0.404 bits per heavy atom. The molecule has 0 amide bonds. The van der Waals surface area contributed by atoms with Gasteiger partial charge in [-0.05, 0) is 0 Å². The zero-order valence-electron chi connectivity index (χ0n) is 26.0. The SMILES string of the molecule is O.O.O.O.O.O.O.O=C([O-])CN(CC(=O)[O-])CC(=O)[O-].O=C([O-])CN(CC(=O)[O-])CC(=O)[O-].[Ni+3].[Ni+3].[O-2].[O-][O-].[O-][O-].[OH3+].[OH3+].[OH3+].[OH3+].[OH3+].[OH3+].[OH3+].[OH3+].[OH3+].[OH3+].[Ti+4].[Ti+4]. The Labute approximate surface area is 339 Å². The molecule has 0 fully saturated rings. The third-order valence-electron chi connectivity index (χ3n) is 2.12. The van der Waals surface area contributed by atoms with E-state index in [1.165, 1.54) is 0 Å². The monoisotopic (exact) mass is 984 g/mol. The topological polar surface area (TPSA) is 918 Å². The van der Waals surface area contributed by atoms with Crippen molar-refractivity contribution < 1.29 is 255 Å². The van der Waals surface area contributed by atoms with Gasteiger partial charge in [0.25, 0.3) is 0 Å². The van der Waals surface area contributed by atoms with Crippen molar-refractivity contribution in [2.24, 2.45) is 0 Å². The average molecular weight is 986 g/mol. The number of hydrogen-bond donors (Lipinski definition) is 0. The maximum Gasteiger partial charge on any atom is 4.00 e. The first-order chi connectivity index (χ1) is 13.8. The van der Waals surface area contributed by atoms with Crippen molar-refractivity contribution in [3.63, 3.8) is 0 Å². The van der Waals surface area contributed by atoms with Gasteiger partial charge in [-0.15, -0.1) is 0 Å². The standard InChI is InChI=1S/2C6H9NO6.2Ni.2O2.17H2O.O.2Ti/c2*8-4(9)1-7(2-5(10)11)3-6(12)13;;;2*1-2;;;;;;;;;;;;;;;;;;;;/h2*1-3H2,(H,8,9)(H,10,11)(H,12,13);;;;;17*1H2;;;/q;;2*+3;2*-2;;;;;;;;;;;;;;;;;;-2;2*+4/p+4. The van der Waals surface area contributed by atoms with Crippen LogP contribution in [0, 0.1) is 0 Å². The molecule has 52 heavy (non-hydrogen) atoms. The van der Waals surface area contributed by atoms with E-state index >= 15 is 0 Å². The second-order valence-electron chi connectivity index (χ2n) is 4.52. The number of rotatable bonds is 12. The molecule has 0 aliphatic heterocycles. The number of nitrogens with zero attached hydrogens (tertiary/aromatic N) is 2. The second-order valence-corrected chi connectivity index (χ2v) is 4.52. The summed E-state index contributed by atoms with van der Waals surface area (Å²) in [6.07, 6.45) is 0.